The van der Waals surface area contributed by atoms with Crippen molar-refractivity contribution in [1.29, 1.82) is 0 Å². The molecule has 0 bridgehead atoms. The number of amides is 1. The Balaban J connectivity index is 2.45. The highest BCUT2D eigenvalue weighted by molar-refractivity contribution is 5.94. The van der Waals surface area contributed by atoms with Gasteiger partial charge in [0.15, 0.2) is 0 Å². The maximum atomic E-state index is 10.9. The summed E-state index contributed by atoms with van der Waals surface area (Å²) < 4.78 is 0. The van der Waals surface area contributed by atoms with E-state index in [0.717, 1.165) is 21.9 Å². The zero-order chi connectivity index (χ0) is 13.7. The van der Waals surface area contributed by atoms with E-state index in [0.29, 0.717) is 23.6 Å². The Kier molecular flexibility index (Phi) is 3.90. The maximum absolute atomic E-state index is 10.9. The van der Waals surface area contributed by atoms with Crippen LogP contribution in [0.1, 0.15) is 0 Å². The third-order valence-electron chi connectivity index (χ3n) is 2.63. The number of nitrogens with zero attached hydrogens (tertiary/aromatic N) is 2. The van der Waals surface area contributed by atoms with Crippen molar-refractivity contribution in [3.05, 3.63) is 54.7 Å². The van der Waals surface area contributed by atoms with Crippen molar-refractivity contribution in [2.75, 3.05) is 5.17 Å². The molecule has 0 aromatic heterocycles. The Morgan fingerprint density at radius 3 is 2.47 bits per heavy atom. The van der Waals surface area contributed by atoms with Gasteiger partial charge in [0.05, 0.1) is 5.69 Å². The van der Waals surface area contributed by atoms with Gasteiger partial charge in [0.1, 0.15) is 6.29 Å². The summed E-state index contributed by atoms with van der Waals surface area (Å²) in [5.41, 5.74) is 0.445. The molecule has 0 unspecified atom stereocenters. The molecule has 0 aliphatic rings. The number of carbonyl (C=O) groups is 2. The minimum Gasteiger partial charge on any atom is -0.299 e. The van der Waals surface area contributed by atoms with Crippen molar-refractivity contribution in [3.63, 3.8) is 0 Å². The molecule has 0 radical (unpaired) electrons. The summed E-state index contributed by atoms with van der Waals surface area (Å²) in [6.45, 7) is 0. The molecule has 2 aromatic rings. The molecule has 0 saturated heterocycles. The van der Waals surface area contributed by atoms with Gasteiger partial charge >= 0.3 is 0 Å². The van der Waals surface area contributed by atoms with Crippen molar-refractivity contribution in [2.24, 2.45) is 0 Å². The molecule has 0 aliphatic heterocycles. The second-order valence-corrected chi connectivity index (χ2v) is 3.75. The Hall–Kier alpha value is -2.66. The summed E-state index contributed by atoms with van der Waals surface area (Å²) in [4.78, 5) is 21.2. The van der Waals surface area contributed by atoms with Crippen molar-refractivity contribution >= 4 is 29.2 Å². The van der Waals surface area contributed by atoms with E-state index in [4.69, 9.17) is 0 Å². The summed E-state index contributed by atoms with van der Waals surface area (Å²) in [5.74, 6) is 0. The molecule has 0 aliphatic carbocycles. The number of allylic oxidation sites excluding steroid dienone is 1. The van der Waals surface area contributed by atoms with Gasteiger partial charge in [-0.3, -0.25) is 14.8 Å². The largest absolute Gasteiger partial charge is 0.299 e. The van der Waals surface area contributed by atoms with Gasteiger partial charge in [0.2, 0.25) is 6.41 Å². The molecule has 2 rings (SSSR count). The van der Waals surface area contributed by atoms with Crippen LogP contribution in [0.4, 0.5) is 5.69 Å². The van der Waals surface area contributed by atoms with E-state index in [9.17, 15) is 14.8 Å². The summed E-state index contributed by atoms with van der Waals surface area (Å²) in [6, 6.07) is 12.8. The highest BCUT2D eigenvalue weighted by atomic mass is 16.6. The van der Waals surface area contributed by atoms with E-state index in [1.54, 1.807) is 12.1 Å². The standard InChI is InChI=1S/C14H12N2O3/c17-10-4-9-15(11-18)16(19)14-8-3-6-12-5-1-2-7-13(12)14/h1-11,19H. The van der Waals surface area contributed by atoms with E-state index in [1.807, 2.05) is 30.3 Å². The zero-order valence-corrected chi connectivity index (χ0v) is 10.0. The number of hydrogen-bond acceptors (Lipinski definition) is 4. The normalized spacial score (nSPS) is 10.6. The smallest absolute Gasteiger partial charge is 0.234 e. The first-order chi connectivity index (χ1) is 9.27. The van der Waals surface area contributed by atoms with Crippen molar-refractivity contribution in [1.82, 2.24) is 5.01 Å². The molecular weight excluding hydrogens is 244 g/mol. The van der Waals surface area contributed by atoms with Gasteiger partial charge in [-0.05, 0) is 17.5 Å². The molecular formula is C14H12N2O3. The van der Waals surface area contributed by atoms with E-state index in [1.165, 1.54) is 6.20 Å². The lowest BCUT2D eigenvalue weighted by Gasteiger charge is -2.25. The third-order valence-corrected chi connectivity index (χ3v) is 2.63. The lowest BCUT2D eigenvalue weighted by atomic mass is 10.1. The molecule has 96 valence electrons. The molecule has 1 N–H and O–H groups in total. The molecule has 0 heterocycles. The Morgan fingerprint density at radius 2 is 1.74 bits per heavy atom. The van der Waals surface area contributed by atoms with Gasteiger partial charge in [0, 0.05) is 11.6 Å². The van der Waals surface area contributed by atoms with Gasteiger partial charge in [0.25, 0.3) is 0 Å². The highest BCUT2D eigenvalue weighted by Crippen LogP contribution is 2.26. The van der Waals surface area contributed by atoms with Gasteiger partial charge < -0.3 is 0 Å². The number of carbonyl (C=O) groups excluding carboxylic acids is 2. The molecule has 5 nitrogen and oxygen atoms in total. The molecule has 1 amide bonds. The van der Waals surface area contributed by atoms with Crippen LogP contribution < -0.4 is 5.17 Å². The number of anilines is 1. The van der Waals surface area contributed by atoms with E-state index < -0.39 is 0 Å². The fourth-order valence-corrected chi connectivity index (χ4v) is 1.77. The molecule has 2 aromatic carbocycles. The van der Waals surface area contributed by atoms with Gasteiger partial charge in [-0.1, -0.05) is 36.4 Å². The third kappa shape index (κ3) is 2.61. The van der Waals surface area contributed by atoms with Crippen LogP contribution in [-0.2, 0) is 9.59 Å². The SMILES string of the molecule is O=CC=CN(C=O)N(O)c1cccc2ccccc12. The summed E-state index contributed by atoms with van der Waals surface area (Å²) >= 11 is 0. The number of benzene rings is 2. The maximum Gasteiger partial charge on any atom is 0.234 e. The summed E-state index contributed by atoms with van der Waals surface area (Å²) in [5, 5.41) is 13.4. The van der Waals surface area contributed by atoms with Gasteiger partial charge in [-0.15, -0.1) is 0 Å². The molecule has 5 heteroatoms. The van der Waals surface area contributed by atoms with Crippen LogP contribution in [0.25, 0.3) is 10.8 Å². The minimum absolute atomic E-state index is 0.405. The fraction of sp³-hybridized carbons (Fsp3) is 0. The second kappa shape index (κ2) is 5.79. The van der Waals surface area contributed by atoms with Crippen molar-refractivity contribution in [3.8, 4) is 0 Å². The second-order valence-electron chi connectivity index (χ2n) is 3.75. The van der Waals surface area contributed by atoms with E-state index >= 15 is 0 Å². The number of hydrazine groups is 1. The fourth-order valence-electron chi connectivity index (χ4n) is 1.77. The van der Waals surface area contributed by atoms with Crippen LogP contribution in [-0.4, -0.2) is 22.9 Å². The average Bonchev–Trinajstić information content (AvgIpc) is 2.47. The Labute approximate surface area is 109 Å². The first kappa shape index (κ1) is 12.8. The lowest BCUT2D eigenvalue weighted by molar-refractivity contribution is -0.119. The van der Waals surface area contributed by atoms with Gasteiger partial charge in [-0.25, -0.2) is 5.01 Å². The number of aldehydes is 1. The Morgan fingerprint density at radius 1 is 1.00 bits per heavy atom. The molecule has 0 spiro atoms. The van der Waals surface area contributed by atoms with Crippen LogP contribution in [0, 0.1) is 0 Å². The molecule has 0 saturated carbocycles. The van der Waals surface area contributed by atoms with Crippen LogP contribution in [0.3, 0.4) is 0 Å². The Bertz CT molecular complexity index is 620. The first-order valence-corrected chi connectivity index (χ1v) is 5.60. The van der Waals surface area contributed by atoms with Crippen LogP contribution in [0.15, 0.2) is 54.7 Å². The molecule has 0 atom stereocenters. The quantitative estimate of drug-likeness (QED) is 0.505. The van der Waals surface area contributed by atoms with Gasteiger partial charge in [-0.2, -0.15) is 5.17 Å². The van der Waals surface area contributed by atoms with E-state index in [2.05, 4.69) is 0 Å². The van der Waals surface area contributed by atoms with Crippen LogP contribution in [0.5, 0.6) is 0 Å². The zero-order valence-electron chi connectivity index (χ0n) is 10.0. The van der Waals surface area contributed by atoms with Crippen molar-refractivity contribution in [2.45, 2.75) is 0 Å². The number of hydrogen-bond donors (Lipinski definition) is 1. The topological polar surface area (TPSA) is 60.9 Å². The summed E-state index contributed by atoms with van der Waals surface area (Å²) in [6.07, 6.45) is 3.21. The molecule has 0 fully saturated rings. The lowest BCUT2D eigenvalue weighted by Crippen LogP contribution is -2.35. The first-order valence-electron chi connectivity index (χ1n) is 5.60. The predicted molar refractivity (Wildman–Crippen MR) is 71.3 cm³/mol. The average molecular weight is 256 g/mol. The minimum atomic E-state index is 0.405. The monoisotopic (exact) mass is 256 g/mol. The predicted octanol–water partition coefficient (Wildman–Crippen LogP) is 2.12. The molecule has 19 heavy (non-hydrogen) atoms. The summed E-state index contributed by atoms with van der Waals surface area (Å²) in [7, 11) is 0. The number of fused-ring (bicyclic) bond motifs is 1. The highest BCUT2D eigenvalue weighted by Gasteiger charge is 2.12. The van der Waals surface area contributed by atoms with E-state index in [-0.39, 0.29) is 0 Å². The van der Waals surface area contributed by atoms with Crippen molar-refractivity contribution < 1.29 is 14.8 Å². The number of rotatable bonds is 5. The van der Waals surface area contributed by atoms with Crippen LogP contribution >= 0.6 is 0 Å². The van der Waals surface area contributed by atoms with Crippen LogP contribution in [0.2, 0.25) is 0 Å².